The molecule has 1 aliphatic rings. The van der Waals surface area contributed by atoms with Gasteiger partial charge < -0.3 is 20.7 Å². The van der Waals surface area contributed by atoms with Crippen molar-refractivity contribution in [3.05, 3.63) is 23.8 Å². The molecule has 0 bridgehead atoms. The molecule has 2 atom stereocenters. The van der Waals surface area contributed by atoms with Crippen molar-refractivity contribution in [1.82, 2.24) is 5.32 Å². The van der Waals surface area contributed by atoms with E-state index in [2.05, 4.69) is 24.1 Å². The first-order valence-corrected chi connectivity index (χ1v) is 6.53. The topological polar surface area (TPSA) is 67.6 Å². The number of morpholine rings is 1. The van der Waals surface area contributed by atoms with Gasteiger partial charge in [0.25, 0.3) is 5.91 Å². The Hall–Kier alpha value is -1.75. The Morgan fingerprint density at radius 3 is 2.53 bits per heavy atom. The van der Waals surface area contributed by atoms with Gasteiger partial charge in [0, 0.05) is 25.7 Å². The molecule has 1 amide bonds. The molecule has 5 nitrogen and oxygen atoms in total. The lowest BCUT2D eigenvalue weighted by Gasteiger charge is -2.37. The number of hydrogen-bond acceptors (Lipinski definition) is 4. The van der Waals surface area contributed by atoms with E-state index < -0.39 is 0 Å². The largest absolute Gasteiger partial charge is 0.397 e. The summed E-state index contributed by atoms with van der Waals surface area (Å²) in [4.78, 5) is 13.8. The normalized spacial score (nSPS) is 23.2. The lowest BCUT2D eigenvalue weighted by Crippen LogP contribution is -2.45. The van der Waals surface area contributed by atoms with Gasteiger partial charge in [-0.15, -0.1) is 0 Å². The highest BCUT2D eigenvalue weighted by molar-refractivity contribution is 5.96. The molecule has 1 heterocycles. The van der Waals surface area contributed by atoms with Crippen LogP contribution in [0.5, 0.6) is 0 Å². The number of carbonyl (C=O) groups is 1. The van der Waals surface area contributed by atoms with Crippen LogP contribution in [0.25, 0.3) is 0 Å². The van der Waals surface area contributed by atoms with Crippen molar-refractivity contribution in [2.24, 2.45) is 0 Å². The van der Waals surface area contributed by atoms with E-state index in [0.29, 0.717) is 11.3 Å². The summed E-state index contributed by atoms with van der Waals surface area (Å²) in [5.41, 5.74) is 8.25. The Morgan fingerprint density at radius 2 is 2.00 bits per heavy atom. The summed E-state index contributed by atoms with van der Waals surface area (Å²) < 4.78 is 5.71. The molecule has 0 radical (unpaired) electrons. The number of nitrogen functional groups attached to an aromatic ring is 1. The molecule has 0 spiro atoms. The van der Waals surface area contributed by atoms with Crippen LogP contribution in [0.1, 0.15) is 24.2 Å². The van der Waals surface area contributed by atoms with E-state index in [1.165, 1.54) is 0 Å². The third kappa shape index (κ3) is 2.98. The molecule has 3 N–H and O–H groups in total. The highest BCUT2D eigenvalue weighted by Crippen LogP contribution is 2.27. The van der Waals surface area contributed by atoms with Gasteiger partial charge in [-0.25, -0.2) is 0 Å². The molecule has 2 unspecified atom stereocenters. The van der Waals surface area contributed by atoms with Gasteiger partial charge in [0.05, 0.1) is 23.6 Å². The fraction of sp³-hybridized carbons (Fsp3) is 0.500. The fourth-order valence-electron chi connectivity index (χ4n) is 2.50. The molecule has 5 heteroatoms. The minimum absolute atomic E-state index is 0.123. The van der Waals surface area contributed by atoms with Crippen LogP contribution in [-0.4, -0.2) is 38.3 Å². The Bertz CT molecular complexity index is 466. The van der Waals surface area contributed by atoms with Gasteiger partial charge in [0.1, 0.15) is 0 Å². The molecule has 1 saturated heterocycles. The summed E-state index contributed by atoms with van der Waals surface area (Å²) in [6, 6.07) is 5.43. The molecule has 104 valence electrons. The van der Waals surface area contributed by atoms with E-state index in [0.717, 1.165) is 18.8 Å². The lowest BCUT2D eigenvalue weighted by atomic mass is 10.1. The first-order chi connectivity index (χ1) is 9.01. The summed E-state index contributed by atoms with van der Waals surface area (Å²) in [7, 11) is 1.61. The number of nitrogens with two attached hydrogens (primary N) is 1. The van der Waals surface area contributed by atoms with Crippen LogP contribution in [0.3, 0.4) is 0 Å². The van der Waals surface area contributed by atoms with Gasteiger partial charge in [0.2, 0.25) is 0 Å². The van der Waals surface area contributed by atoms with Crippen LogP contribution in [0.15, 0.2) is 18.2 Å². The number of nitrogens with one attached hydrogen (secondary N) is 1. The van der Waals surface area contributed by atoms with Crippen molar-refractivity contribution in [2.45, 2.75) is 26.1 Å². The van der Waals surface area contributed by atoms with E-state index in [1.807, 2.05) is 6.07 Å². The molecular weight excluding hydrogens is 242 g/mol. The quantitative estimate of drug-likeness (QED) is 0.788. The van der Waals surface area contributed by atoms with Crippen LogP contribution < -0.4 is 16.0 Å². The Labute approximate surface area is 113 Å². The van der Waals surface area contributed by atoms with Crippen LogP contribution >= 0.6 is 0 Å². The zero-order valence-corrected chi connectivity index (χ0v) is 11.6. The van der Waals surface area contributed by atoms with E-state index in [9.17, 15) is 4.79 Å². The minimum Gasteiger partial charge on any atom is -0.397 e. The second kappa shape index (κ2) is 5.48. The van der Waals surface area contributed by atoms with Gasteiger partial charge >= 0.3 is 0 Å². The Kier molecular flexibility index (Phi) is 3.95. The number of carbonyl (C=O) groups excluding carboxylic acids is 1. The first-order valence-electron chi connectivity index (χ1n) is 6.53. The van der Waals surface area contributed by atoms with E-state index in [1.54, 1.807) is 19.2 Å². The number of rotatable bonds is 2. The van der Waals surface area contributed by atoms with Crippen molar-refractivity contribution >= 4 is 17.3 Å². The second-order valence-electron chi connectivity index (χ2n) is 5.02. The van der Waals surface area contributed by atoms with Gasteiger partial charge in [-0.2, -0.15) is 0 Å². The highest BCUT2D eigenvalue weighted by atomic mass is 16.5. The smallest absolute Gasteiger partial charge is 0.251 e. The molecule has 0 aliphatic carbocycles. The van der Waals surface area contributed by atoms with Crippen molar-refractivity contribution in [1.29, 1.82) is 0 Å². The first kappa shape index (κ1) is 13.7. The van der Waals surface area contributed by atoms with Crippen molar-refractivity contribution < 1.29 is 9.53 Å². The third-order valence-electron chi connectivity index (χ3n) is 3.28. The Morgan fingerprint density at radius 1 is 1.37 bits per heavy atom. The van der Waals surface area contributed by atoms with Crippen LogP contribution in [0.2, 0.25) is 0 Å². The zero-order chi connectivity index (χ0) is 14.0. The summed E-state index contributed by atoms with van der Waals surface area (Å²) in [6.07, 6.45) is 0.364. The number of nitrogens with zero attached hydrogens (tertiary/aromatic N) is 1. The van der Waals surface area contributed by atoms with Gasteiger partial charge in [-0.05, 0) is 32.0 Å². The van der Waals surface area contributed by atoms with Crippen molar-refractivity contribution in [2.75, 3.05) is 30.8 Å². The molecule has 0 aromatic heterocycles. The maximum Gasteiger partial charge on any atom is 0.251 e. The number of benzene rings is 1. The van der Waals surface area contributed by atoms with Crippen molar-refractivity contribution in [3.8, 4) is 0 Å². The number of hydrogen-bond donors (Lipinski definition) is 2. The molecule has 2 rings (SSSR count). The van der Waals surface area contributed by atoms with E-state index in [4.69, 9.17) is 10.5 Å². The van der Waals surface area contributed by atoms with Gasteiger partial charge in [0.15, 0.2) is 0 Å². The summed E-state index contributed by atoms with van der Waals surface area (Å²) in [5.74, 6) is -0.123. The van der Waals surface area contributed by atoms with E-state index >= 15 is 0 Å². The molecular formula is C14H21N3O2. The van der Waals surface area contributed by atoms with E-state index in [-0.39, 0.29) is 18.1 Å². The predicted octanol–water partition coefficient (Wildman–Crippen LogP) is 1.24. The molecule has 1 aromatic rings. The molecule has 0 saturated carbocycles. The maximum absolute atomic E-state index is 11.6. The molecule has 1 aliphatic heterocycles. The van der Waals surface area contributed by atoms with Crippen LogP contribution in [0, 0.1) is 0 Å². The third-order valence-corrected chi connectivity index (χ3v) is 3.28. The standard InChI is InChI=1S/C14H21N3O2/c1-9-7-17(8-10(2)19-9)13-5-4-11(6-12(13)15)14(18)16-3/h4-6,9-10H,7-8,15H2,1-3H3,(H,16,18). The molecule has 19 heavy (non-hydrogen) atoms. The van der Waals surface area contributed by atoms with Crippen LogP contribution in [-0.2, 0) is 4.74 Å². The Balaban J connectivity index is 2.23. The van der Waals surface area contributed by atoms with Crippen LogP contribution in [0.4, 0.5) is 11.4 Å². The highest BCUT2D eigenvalue weighted by Gasteiger charge is 2.23. The number of anilines is 2. The zero-order valence-electron chi connectivity index (χ0n) is 11.6. The number of amides is 1. The number of ether oxygens (including phenoxy) is 1. The summed E-state index contributed by atoms with van der Waals surface area (Å²) >= 11 is 0. The average molecular weight is 263 g/mol. The molecule has 1 aromatic carbocycles. The summed E-state index contributed by atoms with van der Waals surface area (Å²) in [5, 5.41) is 2.59. The lowest BCUT2D eigenvalue weighted by molar-refractivity contribution is -0.00517. The monoisotopic (exact) mass is 263 g/mol. The van der Waals surface area contributed by atoms with Gasteiger partial charge in [-0.1, -0.05) is 0 Å². The average Bonchev–Trinajstić information content (AvgIpc) is 2.36. The second-order valence-corrected chi connectivity index (χ2v) is 5.02. The van der Waals surface area contributed by atoms with Gasteiger partial charge in [-0.3, -0.25) is 4.79 Å². The SMILES string of the molecule is CNC(=O)c1ccc(N2CC(C)OC(C)C2)c(N)c1. The molecule has 1 fully saturated rings. The minimum atomic E-state index is -0.123. The van der Waals surface area contributed by atoms with Crippen molar-refractivity contribution in [3.63, 3.8) is 0 Å². The predicted molar refractivity (Wildman–Crippen MR) is 76.5 cm³/mol. The fourth-order valence-corrected chi connectivity index (χ4v) is 2.50. The summed E-state index contributed by atoms with van der Waals surface area (Å²) in [6.45, 7) is 5.73. The maximum atomic E-state index is 11.6.